The van der Waals surface area contributed by atoms with Gasteiger partial charge in [-0.3, -0.25) is 0 Å². The standard InChI is InChI=1S/C32H23NO3S/c1-4-12-24(13-5-1)25-20-21-31-29(22-25)30(23-33(31)35-36-37-27-16-8-3-9-17-27)28-18-10-11-19-32(28)34-26-14-6-2-7-15-26/h1-23H. The third-order valence-corrected chi connectivity index (χ3v) is 6.60. The fourth-order valence-electron chi connectivity index (χ4n) is 4.24. The van der Waals surface area contributed by atoms with Gasteiger partial charge in [0, 0.05) is 21.4 Å². The topological polar surface area (TPSA) is 32.6 Å². The normalized spacial score (nSPS) is 10.9. The van der Waals surface area contributed by atoms with Crippen LogP contribution >= 0.6 is 12.0 Å². The smallest absolute Gasteiger partial charge is 0.135 e. The van der Waals surface area contributed by atoms with Crippen LogP contribution in [0.5, 0.6) is 11.5 Å². The summed E-state index contributed by atoms with van der Waals surface area (Å²) < 4.78 is 13.5. The zero-order valence-corrected chi connectivity index (χ0v) is 20.7. The largest absolute Gasteiger partial charge is 0.457 e. The summed E-state index contributed by atoms with van der Waals surface area (Å²) in [6.45, 7) is 0. The summed E-state index contributed by atoms with van der Waals surface area (Å²) in [5.41, 5.74) is 5.09. The van der Waals surface area contributed by atoms with Crippen LogP contribution in [0.25, 0.3) is 33.2 Å². The Morgan fingerprint density at radius 3 is 2.03 bits per heavy atom. The maximum Gasteiger partial charge on any atom is 0.135 e. The zero-order valence-electron chi connectivity index (χ0n) is 19.9. The number of para-hydroxylation sites is 2. The minimum absolute atomic E-state index is 0.762. The summed E-state index contributed by atoms with van der Waals surface area (Å²) in [7, 11) is 0. The van der Waals surface area contributed by atoms with Gasteiger partial charge in [-0.1, -0.05) is 95.3 Å². The Hall–Kier alpha value is -4.45. The number of nitrogens with zero attached hydrogens (tertiary/aromatic N) is 1. The maximum absolute atomic E-state index is 6.29. The average molecular weight is 502 g/mol. The summed E-state index contributed by atoms with van der Waals surface area (Å²) >= 11 is 1.17. The lowest BCUT2D eigenvalue weighted by Crippen LogP contribution is -2.06. The van der Waals surface area contributed by atoms with Crippen molar-refractivity contribution in [1.29, 1.82) is 0 Å². The monoisotopic (exact) mass is 501 g/mol. The lowest BCUT2D eigenvalue weighted by molar-refractivity contribution is -0.188. The molecule has 0 N–H and O–H groups in total. The third-order valence-electron chi connectivity index (χ3n) is 6.01. The fourth-order valence-corrected chi connectivity index (χ4v) is 4.69. The molecule has 4 nitrogen and oxygen atoms in total. The number of aromatic nitrogens is 1. The van der Waals surface area contributed by atoms with Gasteiger partial charge in [-0.05, 0) is 53.6 Å². The highest BCUT2D eigenvalue weighted by Crippen LogP contribution is 2.39. The molecule has 0 amide bonds. The quantitative estimate of drug-likeness (QED) is 0.118. The van der Waals surface area contributed by atoms with Crippen LogP contribution in [-0.4, -0.2) is 4.73 Å². The van der Waals surface area contributed by atoms with E-state index in [1.165, 1.54) is 12.0 Å². The van der Waals surface area contributed by atoms with Gasteiger partial charge in [0.2, 0.25) is 0 Å². The molecular formula is C32H23NO3S. The van der Waals surface area contributed by atoms with Crippen molar-refractivity contribution in [2.45, 2.75) is 4.90 Å². The van der Waals surface area contributed by atoms with Gasteiger partial charge in [0.1, 0.15) is 11.5 Å². The van der Waals surface area contributed by atoms with Crippen LogP contribution in [0, 0.1) is 0 Å². The van der Waals surface area contributed by atoms with Gasteiger partial charge in [0.25, 0.3) is 0 Å². The molecule has 0 saturated carbocycles. The molecule has 0 atom stereocenters. The first kappa shape index (κ1) is 23.0. The molecule has 0 aliphatic heterocycles. The molecule has 1 aromatic heterocycles. The van der Waals surface area contributed by atoms with Crippen LogP contribution in [0.4, 0.5) is 0 Å². The molecule has 37 heavy (non-hydrogen) atoms. The van der Waals surface area contributed by atoms with Crippen LogP contribution in [0.15, 0.2) is 145 Å². The van der Waals surface area contributed by atoms with Crippen LogP contribution in [-0.2, 0) is 4.33 Å². The van der Waals surface area contributed by atoms with E-state index >= 15 is 0 Å². The molecule has 6 aromatic rings. The summed E-state index contributed by atoms with van der Waals surface area (Å²) in [5, 5.41) is 1.03. The lowest BCUT2D eigenvalue weighted by atomic mass is 9.99. The lowest BCUT2D eigenvalue weighted by Gasteiger charge is -2.11. The van der Waals surface area contributed by atoms with Crippen LogP contribution < -0.4 is 9.73 Å². The van der Waals surface area contributed by atoms with Gasteiger partial charge in [-0.2, -0.15) is 4.73 Å². The second kappa shape index (κ2) is 10.7. The second-order valence-electron chi connectivity index (χ2n) is 8.42. The van der Waals surface area contributed by atoms with E-state index in [1.54, 1.807) is 4.73 Å². The summed E-state index contributed by atoms with van der Waals surface area (Å²) in [4.78, 5) is 6.72. The molecular weight excluding hydrogens is 478 g/mol. The number of benzene rings is 5. The Kier molecular flexibility index (Phi) is 6.62. The molecule has 1 heterocycles. The second-order valence-corrected chi connectivity index (χ2v) is 9.19. The first-order chi connectivity index (χ1) is 18.3. The molecule has 0 aliphatic rings. The Morgan fingerprint density at radius 2 is 1.24 bits per heavy atom. The van der Waals surface area contributed by atoms with E-state index in [2.05, 4.69) is 36.4 Å². The van der Waals surface area contributed by atoms with E-state index in [1.807, 2.05) is 103 Å². The Labute approximate surface area is 219 Å². The van der Waals surface area contributed by atoms with Crippen LogP contribution in [0.1, 0.15) is 0 Å². The molecule has 0 spiro atoms. The minimum atomic E-state index is 0.762. The van der Waals surface area contributed by atoms with E-state index in [0.717, 1.165) is 49.6 Å². The fraction of sp³-hybridized carbons (Fsp3) is 0. The maximum atomic E-state index is 6.29. The predicted molar refractivity (Wildman–Crippen MR) is 149 cm³/mol. The molecule has 180 valence electrons. The molecule has 0 aliphatic carbocycles. The van der Waals surface area contributed by atoms with Crippen molar-refractivity contribution in [3.63, 3.8) is 0 Å². The minimum Gasteiger partial charge on any atom is -0.457 e. The van der Waals surface area contributed by atoms with Gasteiger partial charge < -0.3 is 4.74 Å². The van der Waals surface area contributed by atoms with Crippen LogP contribution in [0.3, 0.4) is 0 Å². The Morgan fingerprint density at radius 1 is 0.568 bits per heavy atom. The number of hydrogen-bond acceptors (Lipinski definition) is 4. The summed E-state index contributed by atoms with van der Waals surface area (Å²) in [6.07, 6.45) is 1.94. The third kappa shape index (κ3) is 5.09. The SMILES string of the molecule is c1ccc(Oc2ccccc2-c2cn(OOSc3ccccc3)c3ccc(-c4ccccc4)cc23)cc1. The summed E-state index contributed by atoms with van der Waals surface area (Å²) in [5.74, 6) is 1.54. The Bertz CT molecular complexity index is 1620. The predicted octanol–water partition coefficient (Wildman–Crippen LogP) is 8.84. The molecule has 0 radical (unpaired) electrons. The van der Waals surface area contributed by atoms with Crippen molar-refractivity contribution in [3.05, 3.63) is 140 Å². The van der Waals surface area contributed by atoms with E-state index < -0.39 is 0 Å². The average Bonchev–Trinajstić information content (AvgIpc) is 3.32. The highest BCUT2D eigenvalue weighted by atomic mass is 32.2. The first-order valence-electron chi connectivity index (χ1n) is 11.9. The molecule has 0 fully saturated rings. The molecule has 5 heteroatoms. The van der Waals surface area contributed by atoms with Gasteiger partial charge in [-0.25, -0.2) is 4.99 Å². The van der Waals surface area contributed by atoms with E-state index in [4.69, 9.17) is 14.1 Å². The van der Waals surface area contributed by atoms with Crippen LogP contribution in [0.2, 0.25) is 0 Å². The number of hydrogen-bond donors (Lipinski definition) is 0. The van der Waals surface area contributed by atoms with Gasteiger partial charge in [-0.15, -0.1) is 0 Å². The van der Waals surface area contributed by atoms with Crippen molar-refractivity contribution >= 4 is 22.9 Å². The van der Waals surface area contributed by atoms with E-state index in [0.29, 0.717) is 0 Å². The van der Waals surface area contributed by atoms with Crippen molar-refractivity contribution in [2.75, 3.05) is 0 Å². The van der Waals surface area contributed by atoms with Gasteiger partial charge in [0.05, 0.1) is 23.8 Å². The molecule has 0 saturated heterocycles. The Balaban J connectivity index is 1.42. The molecule has 0 bridgehead atoms. The highest BCUT2D eigenvalue weighted by Gasteiger charge is 2.17. The van der Waals surface area contributed by atoms with Gasteiger partial charge >= 0.3 is 0 Å². The number of ether oxygens (including phenoxy) is 1. The van der Waals surface area contributed by atoms with Gasteiger partial charge in [0.15, 0.2) is 0 Å². The molecule has 5 aromatic carbocycles. The number of fused-ring (bicyclic) bond motifs is 1. The van der Waals surface area contributed by atoms with Crippen molar-refractivity contribution in [3.8, 4) is 33.8 Å². The van der Waals surface area contributed by atoms with E-state index in [-0.39, 0.29) is 0 Å². The summed E-state index contributed by atoms with van der Waals surface area (Å²) in [6, 6.07) is 44.3. The molecule has 6 rings (SSSR count). The van der Waals surface area contributed by atoms with Crippen molar-refractivity contribution < 1.29 is 14.1 Å². The zero-order chi connectivity index (χ0) is 24.9. The van der Waals surface area contributed by atoms with Crippen molar-refractivity contribution in [1.82, 2.24) is 4.73 Å². The first-order valence-corrected chi connectivity index (χ1v) is 12.7. The van der Waals surface area contributed by atoms with Crippen molar-refractivity contribution in [2.24, 2.45) is 0 Å². The number of rotatable bonds is 8. The highest BCUT2D eigenvalue weighted by molar-refractivity contribution is 7.94. The van der Waals surface area contributed by atoms with E-state index in [9.17, 15) is 0 Å². The molecule has 0 unspecified atom stereocenters.